The lowest BCUT2D eigenvalue weighted by molar-refractivity contribution is -0.393. The number of nitro benzene ring substituents is 2. The summed E-state index contributed by atoms with van der Waals surface area (Å²) < 4.78 is 27.5. The van der Waals surface area contributed by atoms with Crippen LogP contribution in [0.1, 0.15) is 59.3 Å². The number of rotatable bonds is 14. The molecule has 1 aromatic rings. The molecule has 0 aromatic heterocycles. The van der Waals surface area contributed by atoms with Gasteiger partial charge in [0.05, 0.1) is 14.7 Å². The molecule has 0 amide bonds. The first-order valence-corrected chi connectivity index (χ1v) is 11.4. The predicted octanol–water partition coefficient (Wildman–Crippen LogP) is 3.99. The van der Waals surface area contributed by atoms with Gasteiger partial charge in [0, 0.05) is 31.8 Å². The van der Waals surface area contributed by atoms with Crippen molar-refractivity contribution in [3.8, 4) is 0 Å². The number of nitrogens with one attached hydrogen (secondary N) is 1. The maximum absolute atomic E-state index is 12.6. The van der Waals surface area contributed by atoms with Gasteiger partial charge in [0.15, 0.2) is 5.69 Å². The van der Waals surface area contributed by atoms with E-state index in [1.165, 1.54) is 0 Å². The number of sulfonamides is 1. The Balaban J connectivity index is 3.42. The van der Waals surface area contributed by atoms with Gasteiger partial charge in [-0.15, -0.1) is 0 Å². The van der Waals surface area contributed by atoms with Crippen molar-refractivity contribution >= 4 is 27.1 Å². The second-order valence-electron chi connectivity index (χ2n) is 6.77. The summed E-state index contributed by atoms with van der Waals surface area (Å²) in [6, 6.07) is 1.82. The molecule has 0 spiro atoms. The molecule has 0 radical (unpaired) electrons. The first kappa shape index (κ1) is 24.8. The molecule has 0 bridgehead atoms. The van der Waals surface area contributed by atoms with Gasteiger partial charge in [-0.05, 0) is 19.3 Å². The molecule has 0 aliphatic heterocycles. The monoisotopic (exact) mass is 430 g/mol. The van der Waals surface area contributed by atoms with Crippen LogP contribution >= 0.6 is 0 Å². The van der Waals surface area contributed by atoms with Gasteiger partial charge in [-0.2, -0.15) is 0 Å². The number of nitrogens with zero attached hydrogens (tertiary/aromatic N) is 3. The smallest absolute Gasteiger partial charge is 0.301 e. The molecular weight excluding hydrogens is 400 g/mol. The van der Waals surface area contributed by atoms with Gasteiger partial charge < -0.3 is 4.90 Å². The minimum Gasteiger partial charge on any atom is -0.360 e. The summed E-state index contributed by atoms with van der Waals surface area (Å²) in [5.74, 6) is 0. The summed E-state index contributed by atoms with van der Waals surface area (Å²) >= 11 is 0. The van der Waals surface area contributed by atoms with E-state index in [1.807, 2.05) is 20.8 Å². The molecule has 1 N–H and O–H groups in total. The van der Waals surface area contributed by atoms with E-state index in [1.54, 1.807) is 4.90 Å². The standard InChI is InChI=1S/C18H30N4O6S/c1-4-7-8-9-10-19-29(27,28)15-13-16(21(23)24)18(17(14-15)22(25)26)20(11-5-2)12-6-3/h13-14,19H,4-12H2,1-3H3. The van der Waals surface area contributed by atoms with Crippen molar-refractivity contribution < 1.29 is 18.3 Å². The van der Waals surface area contributed by atoms with Crippen molar-refractivity contribution in [2.45, 2.75) is 64.2 Å². The molecule has 0 unspecified atom stereocenters. The molecular formula is C18H30N4O6S. The van der Waals surface area contributed by atoms with Crippen molar-refractivity contribution in [2.75, 3.05) is 24.5 Å². The molecule has 0 aliphatic rings. The van der Waals surface area contributed by atoms with Crippen LogP contribution in [0.15, 0.2) is 17.0 Å². The Morgan fingerprint density at radius 3 is 1.83 bits per heavy atom. The number of benzene rings is 1. The Labute approximate surface area is 171 Å². The van der Waals surface area contributed by atoms with Crippen LogP contribution in [0.25, 0.3) is 0 Å². The second kappa shape index (κ2) is 11.7. The van der Waals surface area contributed by atoms with Crippen molar-refractivity contribution in [2.24, 2.45) is 0 Å². The zero-order chi connectivity index (χ0) is 22.0. The van der Waals surface area contributed by atoms with Crippen LogP contribution in [0, 0.1) is 20.2 Å². The van der Waals surface area contributed by atoms with Crippen LogP contribution in [0.5, 0.6) is 0 Å². The van der Waals surface area contributed by atoms with E-state index in [9.17, 15) is 28.6 Å². The van der Waals surface area contributed by atoms with Crippen molar-refractivity contribution in [3.05, 3.63) is 32.4 Å². The first-order chi connectivity index (χ1) is 13.7. The predicted molar refractivity (Wildman–Crippen MR) is 112 cm³/mol. The Bertz CT molecular complexity index is 772. The van der Waals surface area contributed by atoms with Gasteiger partial charge in [-0.3, -0.25) is 20.2 Å². The molecule has 0 atom stereocenters. The molecule has 0 aliphatic carbocycles. The van der Waals surface area contributed by atoms with Crippen LogP contribution < -0.4 is 9.62 Å². The Hall–Kier alpha value is -2.27. The highest BCUT2D eigenvalue weighted by Gasteiger charge is 2.33. The molecule has 0 fully saturated rings. The molecule has 164 valence electrons. The average Bonchev–Trinajstić information content (AvgIpc) is 2.66. The van der Waals surface area contributed by atoms with Crippen LogP contribution in [-0.2, 0) is 10.0 Å². The fourth-order valence-corrected chi connectivity index (χ4v) is 4.17. The number of hydrogen-bond donors (Lipinski definition) is 1. The lowest BCUT2D eigenvalue weighted by Crippen LogP contribution is -2.28. The van der Waals surface area contributed by atoms with E-state index in [2.05, 4.69) is 4.72 Å². The number of nitro groups is 2. The molecule has 1 aromatic carbocycles. The lowest BCUT2D eigenvalue weighted by Gasteiger charge is -2.23. The Morgan fingerprint density at radius 2 is 1.41 bits per heavy atom. The number of hydrogen-bond acceptors (Lipinski definition) is 7. The van der Waals surface area contributed by atoms with Gasteiger partial charge in [0.25, 0.3) is 0 Å². The maximum Gasteiger partial charge on any atom is 0.301 e. The van der Waals surface area contributed by atoms with E-state index >= 15 is 0 Å². The number of unbranched alkanes of at least 4 members (excludes halogenated alkanes) is 3. The third kappa shape index (κ3) is 6.93. The van der Waals surface area contributed by atoms with Gasteiger partial charge in [0.2, 0.25) is 10.0 Å². The van der Waals surface area contributed by atoms with Gasteiger partial charge in [0.1, 0.15) is 0 Å². The highest BCUT2D eigenvalue weighted by atomic mass is 32.2. The molecule has 0 saturated heterocycles. The molecule has 1 rings (SSSR count). The molecule has 11 heteroatoms. The van der Waals surface area contributed by atoms with E-state index in [0.717, 1.165) is 31.4 Å². The Morgan fingerprint density at radius 1 is 0.897 bits per heavy atom. The average molecular weight is 431 g/mol. The van der Waals surface area contributed by atoms with Crippen molar-refractivity contribution in [1.82, 2.24) is 4.72 Å². The lowest BCUT2D eigenvalue weighted by atomic mass is 10.2. The summed E-state index contributed by atoms with van der Waals surface area (Å²) in [7, 11) is -4.10. The third-order valence-corrected chi connectivity index (χ3v) is 5.81. The summed E-state index contributed by atoms with van der Waals surface area (Å²) in [6.07, 6.45) is 4.70. The summed E-state index contributed by atoms with van der Waals surface area (Å²) in [6.45, 7) is 6.70. The Kier molecular flexibility index (Phi) is 9.96. The fourth-order valence-electron chi connectivity index (χ4n) is 3.05. The van der Waals surface area contributed by atoms with Crippen LogP contribution in [-0.4, -0.2) is 37.9 Å². The van der Waals surface area contributed by atoms with E-state index < -0.39 is 36.1 Å². The van der Waals surface area contributed by atoms with Crippen LogP contribution in [0.4, 0.5) is 17.1 Å². The SMILES string of the molecule is CCCCCCNS(=O)(=O)c1cc([N+](=O)[O-])c(N(CCC)CCC)c([N+](=O)[O-])c1. The van der Waals surface area contributed by atoms with Gasteiger partial charge in [-0.1, -0.05) is 40.0 Å². The summed E-state index contributed by atoms with van der Waals surface area (Å²) in [4.78, 5) is 22.9. The van der Waals surface area contributed by atoms with E-state index in [4.69, 9.17) is 0 Å². The minimum atomic E-state index is -4.10. The van der Waals surface area contributed by atoms with Crippen LogP contribution in [0.3, 0.4) is 0 Å². The topological polar surface area (TPSA) is 136 Å². The van der Waals surface area contributed by atoms with Gasteiger partial charge >= 0.3 is 11.4 Å². The highest BCUT2D eigenvalue weighted by molar-refractivity contribution is 7.89. The van der Waals surface area contributed by atoms with E-state index in [-0.39, 0.29) is 12.2 Å². The fraction of sp³-hybridized carbons (Fsp3) is 0.667. The molecule has 10 nitrogen and oxygen atoms in total. The van der Waals surface area contributed by atoms with Crippen LogP contribution in [0.2, 0.25) is 0 Å². The second-order valence-corrected chi connectivity index (χ2v) is 8.54. The zero-order valence-electron chi connectivity index (χ0n) is 17.2. The van der Waals surface area contributed by atoms with Crippen molar-refractivity contribution in [1.29, 1.82) is 0 Å². The van der Waals surface area contributed by atoms with Gasteiger partial charge in [-0.25, -0.2) is 13.1 Å². The van der Waals surface area contributed by atoms with Crippen molar-refractivity contribution in [3.63, 3.8) is 0 Å². The first-order valence-electron chi connectivity index (χ1n) is 9.90. The molecule has 0 heterocycles. The highest BCUT2D eigenvalue weighted by Crippen LogP contribution is 2.40. The number of anilines is 1. The third-order valence-electron chi connectivity index (χ3n) is 4.37. The minimum absolute atomic E-state index is 0.148. The molecule has 29 heavy (non-hydrogen) atoms. The quantitative estimate of drug-likeness (QED) is 0.268. The molecule has 0 saturated carbocycles. The van der Waals surface area contributed by atoms with E-state index in [0.29, 0.717) is 32.4 Å². The zero-order valence-corrected chi connectivity index (χ0v) is 18.0. The summed E-state index contributed by atoms with van der Waals surface area (Å²) in [5, 5.41) is 23.3. The maximum atomic E-state index is 12.6. The summed E-state index contributed by atoms with van der Waals surface area (Å²) in [5.41, 5.74) is -1.30. The normalized spacial score (nSPS) is 11.4. The largest absolute Gasteiger partial charge is 0.360 e.